The number of aliphatic carboxylic acids is 1. The number of rotatable bonds is 1. The van der Waals surface area contributed by atoms with Gasteiger partial charge in [0.25, 0.3) is 0 Å². The van der Waals surface area contributed by atoms with Crippen LogP contribution < -0.4 is 0 Å². The van der Waals surface area contributed by atoms with Crippen LogP contribution in [0.3, 0.4) is 0 Å². The molecule has 1 atom stereocenters. The summed E-state index contributed by atoms with van der Waals surface area (Å²) in [6.07, 6.45) is 0.488. The first kappa shape index (κ1) is 14.6. The van der Waals surface area contributed by atoms with Crippen molar-refractivity contribution >= 4 is 17.9 Å². The van der Waals surface area contributed by atoms with Crippen molar-refractivity contribution in [2.75, 3.05) is 39.3 Å². The normalized spacial score (nSPS) is 26.8. The number of hydrogen-bond donors (Lipinski definition) is 1. The van der Waals surface area contributed by atoms with Crippen LogP contribution in [0.4, 0.5) is 4.79 Å². The fraction of sp³-hybridized carbons (Fsp3) is 0.769. The summed E-state index contributed by atoms with van der Waals surface area (Å²) in [6.45, 7) is 6.06. The Kier molecular flexibility index (Phi) is 3.87. The van der Waals surface area contributed by atoms with E-state index in [2.05, 4.69) is 0 Å². The van der Waals surface area contributed by atoms with Gasteiger partial charge in [-0.25, -0.2) is 4.79 Å². The molecular weight excluding hydrogens is 262 g/mol. The minimum Gasteiger partial charge on any atom is -0.481 e. The van der Waals surface area contributed by atoms with E-state index in [0.29, 0.717) is 39.1 Å². The number of carbonyl (C=O) groups excluding carboxylic acids is 2. The molecule has 7 nitrogen and oxygen atoms in total. The fourth-order valence-electron chi connectivity index (χ4n) is 2.71. The number of carboxylic acids is 1. The van der Waals surface area contributed by atoms with Crippen LogP contribution in [-0.4, -0.2) is 77.0 Å². The second-order valence-electron chi connectivity index (χ2n) is 5.81. The number of nitrogens with zero attached hydrogens (tertiary/aromatic N) is 3. The molecule has 3 amide bonds. The molecule has 0 bridgehead atoms. The maximum atomic E-state index is 12.3. The number of carbonyl (C=O) groups is 3. The summed E-state index contributed by atoms with van der Waals surface area (Å²) in [5, 5.41) is 9.18. The first-order valence-corrected chi connectivity index (χ1v) is 6.86. The van der Waals surface area contributed by atoms with Gasteiger partial charge in [-0.2, -0.15) is 0 Å². The van der Waals surface area contributed by atoms with Gasteiger partial charge in [-0.3, -0.25) is 9.59 Å². The number of likely N-dealkylation sites (tertiary alicyclic amines) is 1. The van der Waals surface area contributed by atoms with Gasteiger partial charge in [0, 0.05) is 46.2 Å². The van der Waals surface area contributed by atoms with Crippen LogP contribution in [0.5, 0.6) is 0 Å². The third-order valence-electron chi connectivity index (χ3n) is 4.26. The molecule has 2 aliphatic rings. The summed E-state index contributed by atoms with van der Waals surface area (Å²) in [7, 11) is 0. The molecule has 1 unspecified atom stereocenters. The van der Waals surface area contributed by atoms with Gasteiger partial charge in [0.2, 0.25) is 5.91 Å². The molecule has 0 aromatic rings. The molecule has 2 rings (SSSR count). The van der Waals surface area contributed by atoms with Gasteiger partial charge in [0.1, 0.15) is 0 Å². The Hall–Kier alpha value is -1.79. The third kappa shape index (κ3) is 2.71. The van der Waals surface area contributed by atoms with Crippen molar-refractivity contribution < 1.29 is 19.5 Å². The smallest absolute Gasteiger partial charge is 0.320 e. The number of urea groups is 1. The lowest BCUT2D eigenvalue weighted by Crippen LogP contribution is -2.53. The van der Waals surface area contributed by atoms with Crippen molar-refractivity contribution in [1.29, 1.82) is 0 Å². The Bertz CT molecular complexity index is 431. The molecule has 2 heterocycles. The molecule has 0 spiro atoms. The topological polar surface area (TPSA) is 81.2 Å². The average molecular weight is 283 g/mol. The maximum absolute atomic E-state index is 12.3. The van der Waals surface area contributed by atoms with Crippen LogP contribution in [0.2, 0.25) is 0 Å². The molecule has 0 radical (unpaired) electrons. The number of hydrogen-bond acceptors (Lipinski definition) is 3. The van der Waals surface area contributed by atoms with Gasteiger partial charge in [0.15, 0.2) is 0 Å². The van der Waals surface area contributed by atoms with Gasteiger partial charge < -0.3 is 19.8 Å². The highest BCUT2D eigenvalue weighted by Crippen LogP contribution is 2.30. The van der Waals surface area contributed by atoms with Gasteiger partial charge >= 0.3 is 12.0 Å². The molecule has 2 aliphatic heterocycles. The van der Waals surface area contributed by atoms with Crippen LogP contribution in [0.25, 0.3) is 0 Å². The predicted octanol–water partition coefficient (Wildman–Crippen LogP) is 0.0671. The highest BCUT2D eigenvalue weighted by molar-refractivity contribution is 5.80. The Morgan fingerprint density at radius 2 is 1.50 bits per heavy atom. The highest BCUT2D eigenvalue weighted by atomic mass is 16.4. The second-order valence-corrected chi connectivity index (χ2v) is 5.81. The lowest BCUT2D eigenvalue weighted by Gasteiger charge is -2.36. The number of piperazine rings is 1. The lowest BCUT2D eigenvalue weighted by atomic mass is 9.90. The minimum absolute atomic E-state index is 0.0247. The first-order chi connectivity index (χ1) is 9.33. The lowest BCUT2D eigenvalue weighted by molar-refractivity contribution is -0.147. The van der Waals surface area contributed by atoms with Crippen molar-refractivity contribution in [2.45, 2.75) is 20.3 Å². The van der Waals surface area contributed by atoms with Crippen molar-refractivity contribution in [3.8, 4) is 0 Å². The Morgan fingerprint density at radius 3 is 1.95 bits per heavy atom. The summed E-state index contributed by atoms with van der Waals surface area (Å²) >= 11 is 0. The molecule has 0 aliphatic carbocycles. The predicted molar refractivity (Wildman–Crippen MR) is 71.2 cm³/mol. The van der Waals surface area contributed by atoms with Gasteiger partial charge in [-0.15, -0.1) is 0 Å². The molecule has 20 heavy (non-hydrogen) atoms. The van der Waals surface area contributed by atoms with Crippen LogP contribution in [-0.2, 0) is 9.59 Å². The van der Waals surface area contributed by atoms with E-state index in [1.807, 2.05) is 0 Å². The zero-order valence-corrected chi connectivity index (χ0v) is 12.0. The van der Waals surface area contributed by atoms with Gasteiger partial charge in [-0.05, 0) is 13.3 Å². The Balaban J connectivity index is 1.91. The average Bonchev–Trinajstić information content (AvgIpc) is 2.82. The van der Waals surface area contributed by atoms with Crippen LogP contribution >= 0.6 is 0 Å². The van der Waals surface area contributed by atoms with E-state index in [9.17, 15) is 19.5 Å². The van der Waals surface area contributed by atoms with Crippen molar-refractivity contribution in [3.63, 3.8) is 0 Å². The standard InChI is InChI=1S/C13H21N3O4/c1-10(17)14-5-7-15(8-6-14)12(20)16-4-3-13(2,9-16)11(18)19/h3-9H2,1-2H3,(H,18,19). The van der Waals surface area contributed by atoms with E-state index in [0.717, 1.165) is 0 Å². The zero-order chi connectivity index (χ0) is 14.9. The summed E-state index contributed by atoms with van der Waals surface area (Å²) < 4.78 is 0. The molecule has 112 valence electrons. The summed E-state index contributed by atoms with van der Waals surface area (Å²) in [6, 6.07) is -0.113. The van der Waals surface area contributed by atoms with E-state index < -0.39 is 11.4 Å². The molecule has 2 saturated heterocycles. The van der Waals surface area contributed by atoms with Crippen LogP contribution in [0.15, 0.2) is 0 Å². The SMILES string of the molecule is CC(=O)N1CCN(C(=O)N2CCC(C)(C(=O)O)C2)CC1. The molecule has 0 saturated carbocycles. The summed E-state index contributed by atoms with van der Waals surface area (Å²) in [5.74, 6) is -0.828. The quantitative estimate of drug-likeness (QED) is 0.738. The van der Waals surface area contributed by atoms with Crippen LogP contribution in [0, 0.1) is 5.41 Å². The zero-order valence-electron chi connectivity index (χ0n) is 12.0. The van der Waals surface area contributed by atoms with Crippen molar-refractivity contribution in [3.05, 3.63) is 0 Å². The molecular formula is C13H21N3O4. The minimum atomic E-state index is -0.853. The van der Waals surface area contributed by atoms with Crippen molar-refractivity contribution in [2.24, 2.45) is 5.41 Å². The van der Waals surface area contributed by atoms with Crippen molar-refractivity contribution in [1.82, 2.24) is 14.7 Å². The fourth-order valence-corrected chi connectivity index (χ4v) is 2.71. The second kappa shape index (κ2) is 5.30. The van der Waals surface area contributed by atoms with Gasteiger partial charge in [0.05, 0.1) is 5.41 Å². The van der Waals surface area contributed by atoms with E-state index in [-0.39, 0.29) is 18.5 Å². The van der Waals surface area contributed by atoms with Crippen LogP contribution in [0.1, 0.15) is 20.3 Å². The summed E-state index contributed by atoms with van der Waals surface area (Å²) in [4.78, 5) is 39.8. The molecule has 2 fully saturated rings. The Labute approximate surface area is 118 Å². The highest BCUT2D eigenvalue weighted by Gasteiger charge is 2.43. The molecule has 1 N–H and O–H groups in total. The molecule has 0 aromatic carbocycles. The third-order valence-corrected chi connectivity index (χ3v) is 4.26. The number of amides is 3. The van der Waals surface area contributed by atoms with Gasteiger partial charge in [-0.1, -0.05) is 0 Å². The maximum Gasteiger partial charge on any atom is 0.320 e. The largest absolute Gasteiger partial charge is 0.481 e. The number of carboxylic acid groups (broad SMARTS) is 1. The Morgan fingerprint density at radius 1 is 0.950 bits per heavy atom. The first-order valence-electron chi connectivity index (χ1n) is 6.86. The molecule has 7 heteroatoms. The van der Waals surface area contributed by atoms with E-state index in [1.54, 1.807) is 21.6 Å². The molecule has 0 aromatic heterocycles. The summed E-state index contributed by atoms with van der Waals surface area (Å²) in [5.41, 5.74) is -0.836. The van der Waals surface area contributed by atoms with E-state index >= 15 is 0 Å². The van der Waals surface area contributed by atoms with E-state index in [1.165, 1.54) is 6.92 Å². The van der Waals surface area contributed by atoms with E-state index in [4.69, 9.17) is 0 Å². The monoisotopic (exact) mass is 283 g/mol.